The molecular formula is C17H28N2O. The van der Waals surface area contributed by atoms with Gasteiger partial charge in [0.2, 0.25) is 0 Å². The minimum absolute atomic E-state index is 0.797. The summed E-state index contributed by atoms with van der Waals surface area (Å²) in [5.74, 6) is 0.988. The number of benzene rings is 1. The van der Waals surface area contributed by atoms with Crippen LogP contribution in [0.25, 0.3) is 0 Å². The maximum absolute atomic E-state index is 5.66. The molecule has 1 aromatic carbocycles. The van der Waals surface area contributed by atoms with Gasteiger partial charge in [-0.25, -0.2) is 0 Å². The normalized spacial score (nSPS) is 16.2. The molecule has 0 bridgehead atoms. The van der Waals surface area contributed by atoms with Gasteiger partial charge in [0.05, 0.1) is 6.61 Å². The molecule has 2 rings (SSSR count). The summed E-state index contributed by atoms with van der Waals surface area (Å²) in [5, 5.41) is 3.54. The second-order valence-electron chi connectivity index (χ2n) is 5.57. The van der Waals surface area contributed by atoms with Crippen molar-refractivity contribution >= 4 is 0 Å². The highest BCUT2D eigenvalue weighted by Crippen LogP contribution is 2.13. The predicted molar refractivity (Wildman–Crippen MR) is 84.2 cm³/mol. The number of likely N-dealkylation sites (tertiary alicyclic amines) is 1. The SMILES string of the molecule is CCCOc1cccc(CNCCN2CCCCC2)c1. The number of hydrogen-bond donors (Lipinski definition) is 1. The van der Waals surface area contributed by atoms with Crippen LogP contribution in [0.15, 0.2) is 24.3 Å². The third kappa shape index (κ3) is 5.51. The molecule has 0 amide bonds. The average molecular weight is 276 g/mol. The van der Waals surface area contributed by atoms with Crippen LogP contribution in [0, 0.1) is 0 Å². The molecule has 1 heterocycles. The lowest BCUT2D eigenvalue weighted by molar-refractivity contribution is 0.229. The Morgan fingerprint density at radius 1 is 1.20 bits per heavy atom. The van der Waals surface area contributed by atoms with Gasteiger partial charge in [0, 0.05) is 19.6 Å². The average Bonchev–Trinajstić information content (AvgIpc) is 2.51. The van der Waals surface area contributed by atoms with E-state index >= 15 is 0 Å². The standard InChI is InChI=1S/C17H28N2O/c1-2-13-20-17-8-6-7-16(14-17)15-18-9-12-19-10-4-3-5-11-19/h6-8,14,18H,2-5,9-13,15H2,1H3. The first kappa shape index (κ1) is 15.3. The Balaban J connectivity index is 1.65. The Morgan fingerprint density at radius 2 is 2.05 bits per heavy atom. The fourth-order valence-corrected chi connectivity index (χ4v) is 2.62. The van der Waals surface area contributed by atoms with E-state index in [1.807, 2.05) is 6.07 Å². The van der Waals surface area contributed by atoms with Crippen molar-refractivity contribution in [3.63, 3.8) is 0 Å². The molecular weight excluding hydrogens is 248 g/mol. The Labute approximate surface area is 123 Å². The Hall–Kier alpha value is -1.06. The summed E-state index contributed by atoms with van der Waals surface area (Å²) in [6.07, 6.45) is 5.21. The van der Waals surface area contributed by atoms with E-state index in [2.05, 4.69) is 35.3 Å². The lowest BCUT2D eigenvalue weighted by atomic mass is 10.1. The van der Waals surface area contributed by atoms with Crippen LogP contribution in [0.3, 0.4) is 0 Å². The molecule has 20 heavy (non-hydrogen) atoms. The molecule has 0 saturated carbocycles. The van der Waals surface area contributed by atoms with Gasteiger partial charge in [-0.05, 0) is 50.0 Å². The molecule has 0 atom stereocenters. The molecule has 1 aliphatic heterocycles. The second-order valence-corrected chi connectivity index (χ2v) is 5.57. The first-order chi connectivity index (χ1) is 9.88. The number of piperidine rings is 1. The third-order valence-electron chi connectivity index (χ3n) is 3.75. The van der Waals surface area contributed by atoms with Crippen LogP contribution in [0.4, 0.5) is 0 Å². The summed E-state index contributed by atoms with van der Waals surface area (Å²) in [6.45, 7) is 8.66. The van der Waals surface area contributed by atoms with Crippen LogP contribution in [-0.4, -0.2) is 37.7 Å². The molecule has 0 aromatic heterocycles. The van der Waals surface area contributed by atoms with Gasteiger partial charge in [-0.15, -0.1) is 0 Å². The summed E-state index contributed by atoms with van der Waals surface area (Å²) in [4.78, 5) is 2.57. The lowest BCUT2D eigenvalue weighted by Gasteiger charge is -2.26. The van der Waals surface area contributed by atoms with E-state index in [1.54, 1.807) is 0 Å². The Morgan fingerprint density at radius 3 is 2.85 bits per heavy atom. The molecule has 3 nitrogen and oxygen atoms in total. The van der Waals surface area contributed by atoms with Gasteiger partial charge in [-0.3, -0.25) is 0 Å². The Bertz CT molecular complexity index is 375. The van der Waals surface area contributed by atoms with E-state index in [4.69, 9.17) is 4.74 Å². The largest absolute Gasteiger partial charge is 0.494 e. The third-order valence-corrected chi connectivity index (χ3v) is 3.75. The zero-order chi connectivity index (χ0) is 14.0. The summed E-state index contributed by atoms with van der Waals surface area (Å²) in [5.41, 5.74) is 1.30. The molecule has 1 saturated heterocycles. The minimum Gasteiger partial charge on any atom is -0.494 e. The Kier molecular flexibility index (Phi) is 6.89. The van der Waals surface area contributed by atoms with Crippen molar-refractivity contribution in [3.8, 4) is 5.75 Å². The molecule has 1 aromatic rings. The van der Waals surface area contributed by atoms with E-state index in [-0.39, 0.29) is 0 Å². The maximum atomic E-state index is 5.66. The van der Waals surface area contributed by atoms with E-state index in [0.29, 0.717) is 0 Å². The fourth-order valence-electron chi connectivity index (χ4n) is 2.62. The van der Waals surface area contributed by atoms with Crippen LogP contribution in [0.1, 0.15) is 38.2 Å². The van der Waals surface area contributed by atoms with Gasteiger partial charge in [0.1, 0.15) is 5.75 Å². The van der Waals surface area contributed by atoms with Gasteiger partial charge in [0.15, 0.2) is 0 Å². The summed E-state index contributed by atoms with van der Waals surface area (Å²) < 4.78 is 5.66. The predicted octanol–water partition coefficient (Wildman–Crippen LogP) is 3.05. The van der Waals surface area contributed by atoms with Crippen molar-refractivity contribution in [2.75, 3.05) is 32.8 Å². The van der Waals surface area contributed by atoms with Crippen molar-refractivity contribution in [3.05, 3.63) is 29.8 Å². The van der Waals surface area contributed by atoms with Gasteiger partial charge in [-0.1, -0.05) is 25.5 Å². The maximum Gasteiger partial charge on any atom is 0.119 e. The first-order valence-corrected chi connectivity index (χ1v) is 8.03. The highest BCUT2D eigenvalue weighted by Gasteiger charge is 2.08. The number of nitrogens with one attached hydrogen (secondary N) is 1. The molecule has 0 radical (unpaired) electrons. The molecule has 0 aliphatic carbocycles. The molecule has 1 aliphatic rings. The van der Waals surface area contributed by atoms with Crippen LogP contribution in [0.2, 0.25) is 0 Å². The van der Waals surface area contributed by atoms with Gasteiger partial charge < -0.3 is 15.0 Å². The molecule has 1 N–H and O–H groups in total. The number of ether oxygens (including phenoxy) is 1. The zero-order valence-corrected chi connectivity index (χ0v) is 12.7. The van der Waals surface area contributed by atoms with Crippen molar-refractivity contribution in [1.29, 1.82) is 0 Å². The summed E-state index contributed by atoms with van der Waals surface area (Å²) in [6, 6.07) is 8.41. The van der Waals surface area contributed by atoms with Gasteiger partial charge in [-0.2, -0.15) is 0 Å². The van der Waals surface area contributed by atoms with E-state index in [1.165, 1.54) is 44.5 Å². The van der Waals surface area contributed by atoms with Crippen LogP contribution >= 0.6 is 0 Å². The topological polar surface area (TPSA) is 24.5 Å². The van der Waals surface area contributed by atoms with Crippen molar-refractivity contribution < 1.29 is 4.74 Å². The number of hydrogen-bond acceptors (Lipinski definition) is 3. The molecule has 0 spiro atoms. The van der Waals surface area contributed by atoms with Gasteiger partial charge >= 0.3 is 0 Å². The van der Waals surface area contributed by atoms with E-state index < -0.39 is 0 Å². The number of rotatable bonds is 8. The molecule has 0 unspecified atom stereocenters. The molecule has 112 valence electrons. The monoisotopic (exact) mass is 276 g/mol. The smallest absolute Gasteiger partial charge is 0.119 e. The van der Waals surface area contributed by atoms with Crippen molar-refractivity contribution in [2.45, 2.75) is 39.2 Å². The van der Waals surface area contributed by atoms with Crippen LogP contribution in [-0.2, 0) is 6.54 Å². The quantitative estimate of drug-likeness (QED) is 0.739. The summed E-state index contributed by atoms with van der Waals surface area (Å²) >= 11 is 0. The highest BCUT2D eigenvalue weighted by atomic mass is 16.5. The molecule has 1 fully saturated rings. The lowest BCUT2D eigenvalue weighted by Crippen LogP contribution is -2.35. The molecule has 3 heteroatoms. The first-order valence-electron chi connectivity index (χ1n) is 8.03. The van der Waals surface area contributed by atoms with Crippen molar-refractivity contribution in [2.24, 2.45) is 0 Å². The minimum atomic E-state index is 0.797. The van der Waals surface area contributed by atoms with Crippen LogP contribution in [0.5, 0.6) is 5.75 Å². The fraction of sp³-hybridized carbons (Fsp3) is 0.647. The van der Waals surface area contributed by atoms with Gasteiger partial charge in [0.25, 0.3) is 0 Å². The van der Waals surface area contributed by atoms with Crippen molar-refractivity contribution in [1.82, 2.24) is 10.2 Å². The highest BCUT2D eigenvalue weighted by molar-refractivity contribution is 5.28. The van der Waals surface area contributed by atoms with E-state index in [9.17, 15) is 0 Å². The number of nitrogens with zero attached hydrogens (tertiary/aromatic N) is 1. The van der Waals surface area contributed by atoms with Crippen LogP contribution < -0.4 is 10.1 Å². The summed E-state index contributed by atoms with van der Waals surface area (Å²) in [7, 11) is 0. The van der Waals surface area contributed by atoms with E-state index in [0.717, 1.165) is 31.9 Å². The second kappa shape index (κ2) is 8.98. The zero-order valence-electron chi connectivity index (χ0n) is 12.7.